The largest absolute Gasteiger partial charge is 0.356 e. The summed E-state index contributed by atoms with van der Waals surface area (Å²) < 4.78 is 0. The van der Waals surface area contributed by atoms with Crippen LogP contribution < -0.4 is 10.6 Å². The second-order valence-corrected chi connectivity index (χ2v) is 6.03. The molecule has 4 heteroatoms. The summed E-state index contributed by atoms with van der Waals surface area (Å²) in [6.07, 6.45) is 0. The number of hydrogen-bond acceptors (Lipinski definition) is 2. The van der Waals surface area contributed by atoms with Crippen molar-refractivity contribution in [2.45, 2.75) is 26.3 Å². The number of aliphatic imine (C=N–C) groups is 1. The molecule has 0 amide bonds. The molecule has 0 fully saturated rings. The van der Waals surface area contributed by atoms with E-state index >= 15 is 0 Å². The van der Waals surface area contributed by atoms with Crippen LogP contribution in [0, 0.1) is 6.92 Å². The van der Waals surface area contributed by atoms with E-state index in [1.165, 1.54) is 16.7 Å². The number of rotatable bonds is 5. The molecule has 3 nitrogen and oxygen atoms in total. The van der Waals surface area contributed by atoms with E-state index in [4.69, 9.17) is 0 Å². The smallest absolute Gasteiger partial charge is 0.191 e. The van der Waals surface area contributed by atoms with Gasteiger partial charge in [-0.25, -0.2) is 0 Å². The fourth-order valence-corrected chi connectivity index (χ4v) is 2.81. The number of thiophene rings is 1. The highest BCUT2D eigenvalue weighted by Gasteiger charge is 2.06. The van der Waals surface area contributed by atoms with E-state index < -0.39 is 0 Å². The number of nitrogens with one attached hydrogen (secondary N) is 2. The molecule has 0 saturated heterocycles. The molecule has 1 aromatic carbocycles. The van der Waals surface area contributed by atoms with Gasteiger partial charge >= 0.3 is 0 Å². The zero-order valence-corrected chi connectivity index (χ0v) is 13.7. The molecule has 0 radical (unpaired) electrons. The van der Waals surface area contributed by atoms with Crippen molar-refractivity contribution in [1.82, 2.24) is 10.6 Å². The Labute approximate surface area is 131 Å². The molecule has 0 bridgehead atoms. The molecule has 112 valence electrons. The monoisotopic (exact) mass is 301 g/mol. The summed E-state index contributed by atoms with van der Waals surface area (Å²) in [5.74, 6) is 1.30. The van der Waals surface area contributed by atoms with Crippen LogP contribution in [-0.2, 0) is 6.54 Å². The average Bonchev–Trinajstić information content (AvgIpc) is 3.00. The van der Waals surface area contributed by atoms with Gasteiger partial charge in [-0.1, -0.05) is 36.8 Å². The molecule has 1 aromatic heterocycles. The van der Waals surface area contributed by atoms with Crippen molar-refractivity contribution in [3.63, 3.8) is 0 Å². The van der Waals surface area contributed by atoms with Crippen LogP contribution in [0.1, 0.15) is 29.5 Å². The van der Waals surface area contributed by atoms with E-state index in [-0.39, 0.29) is 0 Å². The Kier molecular flexibility index (Phi) is 5.81. The zero-order valence-electron chi connectivity index (χ0n) is 12.9. The maximum atomic E-state index is 4.27. The highest BCUT2D eigenvalue weighted by atomic mass is 32.1. The first-order chi connectivity index (χ1) is 10.2. The van der Waals surface area contributed by atoms with Crippen LogP contribution >= 0.6 is 11.3 Å². The van der Waals surface area contributed by atoms with Gasteiger partial charge in [0.2, 0.25) is 0 Å². The summed E-state index contributed by atoms with van der Waals surface area (Å²) in [7, 11) is 1.81. The third-order valence-corrected chi connectivity index (χ3v) is 4.18. The number of nitrogens with zero attached hydrogens (tertiary/aromatic N) is 1. The highest BCUT2D eigenvalue weighted by Crippen LogP contribution is 2.15. The zero-order chi connectivity index (χ0) is 15.1. The molecular weight excluding hydrogens is 278 g/mol. The Hall–Kier alpha value is -1.81. The number of aryl methyl sites for hydroxylation is 1. The van der Waals surface area contributed by atoms with E-state index in [1.807, 2.05) is 0 Å². The van der Waals surface area contributed by atoms with Crippen LogP contribution in [0.15, 0.2) is 46.1 Å². The first-order valence-corrected chi connectivity index (χ1v) is 8.15. The van der Waals surface area contributed by atoms with Crippen LogP contribution in [0.25, 0.3) is 0 Å². The van der Waals surface area contributed by atoms with E-state index in [0.29, 0.717) is 5.92 Å². The van der Waals surface area contributed by atoms with Crippen molar-refractivity contribution in [2.24, 2.45) is 4.99 Å². The molecule has 2 rings (SSSR count). The van der Waals surface area contributed by atoms with Gasteiger partial charge in [-0.15, -0.1) is 0 Å². The predicted octanol–water partition coefficient (Wildman–Crippen LogP) is 3.53. The predicted molar refractivity (Wildman–Crippen MR) is 92.1 cm³/mol. The van der Waals surface area contributed by atoms with Gasteiger partial charge in [0.25, 0.3) is 0 Å². The highest BCUT2D eigenvalue weighted by molar-refractivity contribution is 7.07. The van der Waals surface area contributed by atoms with Gasteiger partial charge in [0.1, 0.15) is 0 Å². The maximum absolute atomic E-state index is 4.27. The van der Waals surface area contributed by atoms with Crippen molar-refractivity contribution >= 4 is 17.3 Å². The third kappa shape index (κ3) is 4.90. The molecule has 1 unspecified atom stereocenters. The Balaban J connectivity index is 1.82. The normalized spacial score (nSPS) is 13.0. The summed E-state index contributed by atoms with van der Waals surface area (Å²) in [5, 5.41) is 11.0. The topological polar surface area (TPSA) is 36.4 Å². The van der Waals surface area contributed by atoms with Gasteiger partial charge in [-0.05, 0) is 40.8 Å². The lowest BCUT2D eigenvalue weighted by atomic mass is 9.99. The second kappa shape index (κ2) is 7.84. The lowest BCUT2D eigenvalue weighted by Crippen LogP contribution is -2.38. The second-order valence-electron chi connectivity index (χ2n) is 5.25. The molecule has 0 saturated carbocycles. The Morgan fingerprint density at radius 2 is 2.14 bits per heavy atom. The first-order valence-electron chi connectivity index (χ1n) is 7.21. The van der Waals surface area contributed by atoms with Gasteiger partial charge in [0.15, 0.2) is 5.96 Å². The van der Waals surface area contributed by atoms with E-state index in [2.05, 4.69) is 70.6 Å². The standard InChI is InChI=1S/C17H23N3S/c1-13-5-4-6-16(9-13)14(2)10-19-17(18-3)20-11-15-7-8-21-12-15/h4-9,12,14H,10-11H2,1-3H3,(H2,18,19,20). The molecule has 0 spiro atoms. The molecule has 0 aliphatic rings. The van der Waals surface area contributed by atoms with Gasteiger partial charge in [-0.3, -0.25) is 4.99 Å². The van der Waals surface area contributed by atoms with Crippen molar-refractivity contribution in [2.75, 3.05) is 13.6 Å². The van der Waals surface area contributed by atoms with Gasteiger partial charge in [0, 0.05) is 20.1 Å². The minimum Gasteiger partial charge on any atom is -0.356 e. The molecule has 1 heterocycles. The molecule has 0 aliphatic heterocycles. The number of guanidine groups is 1. The van der Waals surface area contributed by atoms with Crippen LogP contribution in [0.5, 0.6) is 0 Å². The molecule has 2 aromatic rings. The number of hydrogen-bond donors (Lipinski definition) is 2. The molecular formula is C17H23N3S. The third-order valence-electron chi connectivity index (χ3n) is 3.45. The molecule has 1 atom stereocenters. The summed E-state index contributed by atoms with van der Waals surface area (Å²) in [4.78, 5) is 4.27. The van der Waals surface area contributed by atoms with E-state index in [9.17, 15) is 0 Å². The Bertz CT molecular complexity index is 575. The lowest BCUT2D eigenvalue weighted by molar-refractivity contribution is 0.698. The SMILES string of the molecule is CN=C(NCc1ccsc1)NCC(C)c1cccc(C)c1. The summed E-state index contributed by atoms with van der Waals surface area (Å²) in [6, 6.07) is 10.8. The fraction of sp³-hybridized carbons (Fsp3) is 0.353. The summed E-state index contributed by atoms with van der Waals surface area (Å²) >= 11 is 1.72. The van der Waals surface area contributed by atoms with Gasteiger partial charge < -0.3 is 10.6 Å². The molecule has 21 heavy (non-hydrogen) atoms. The maximum Gasteiger partial charge on any atom is 0.191 e. The average molecular weight is 301 g/mol. The Morgan fingerprint density at radius 3 is 2.81 bits per heavy atom. The minimum absolute atomic E-state index is 0.449. The first kappa shape index (κ1) is 15.6. The molecule has 2 N–H and O–H groups in total. The number of benzene rings is 1. The van der Waals surface area contributed by atoms with Crippen molar-refractivity contribution < 1.29 is 0 Å². The van der Waals surface area contributed by atoms with Crippen LogP contribution in [0.3, 0.4) is 0 Å². The summed E-state index contributed by atoms with van der Waals surface area (Å²) in [5.41, 5.74) is 3.95. The van der Waals surface area contributed by atoms with E-state index in [0.717, 1.165) is 19.0 Å². The molecule has 0 aliphatic carbocycles. The van der Waals surface area contributed by atoms with Crippen molar-refractivity contribution in [1.29, 1.82) is 0 Å². The quantitative estimate of drug-likeness (QED) is 0.655. The van der Waals surface area contributed by atoms with Gasteiger partial charge in [-0.2, -0.15) is 11.3 Å². The minimum atomic E-state index is 0.449. The van der Waals surface area contributed by atoms with Crippen molar-refractivity contribution in [3.8, 4) is 0 Å². The van der Waals surface area contributed by atoms with E-state index in [1.54, 1.807) is 18.4 Å². The van der Waals surface area contributed by atoms with Crippen LogP contribution in [-0.4, -0.2) is 19.6 Å². The van der Waals surface area contributed by atoms with Crippen LogP contribution in [0.4, 0.5) is 0 Å². The van der Waals surface area contributed by atoms with Crippen LogP contribution in [0.2, 0.25) is 0 Å². The Morgan fingerprint density at radius 1 is 1.29 bits per heavy atom. The van der Waals surface area contributed by atoms with Crippen molar-refractivity contribution in [3.05, 3.63) is 57.8 Å². The lowest BCUT2D eigenvalue weighted by Gasteiger charge is -2.16. The summed E-state index contributed by atoms with van der Waals surface area (Å²) in [6.45, 7) is 6.04. The fourth-order valence-electron chi connectivity index (χ4n) is 2.14. The van der Waals surface area contributed by atoms with Gasteiger partial charge in [0.05, 0.1) is 0 Å².